The van der Waals surface area contributed by atoms with Crippen LogP contribution in [0.25, 0.3) is 0 Å². The molecule has 1 aromatic heterocycles. The van der Waals surface area contributed by atoms with Crippen LogP contribution in [-0.2, 0) is 4.79 Å². The van der Waals surface area contributed by atoms with Crippen LogP contribution < -0.4 is 10.1 Å². The molecule has 0 spiro atoms. The second-order valence-corrected chi connectivity index (χ2v) is 6.51. The lowest BCUT2D eigenvalue weighted by Crippen LogP contribution is -2.41. The lowest BCUT2D eigenvalue weighted by molar-refractivity contribution is -0.120. The lowest BCUT2D eigenvalue weighted by Gasteiger charge is -2.24. The average molecular weight is 344 g/mol. The molecule has 0 saturated heterocycles. The molecule has 0 fully saturated rings. The number of hydrogen-bond acceptors (Lipinski definition) is 4. The first-order valence-electron chi connectivity index (χ1n) is 8.63. The number of amides is 1. The fraction of sp³-hybridized carbons (Fsp3) is 0.474. The predicted octanol–water partition coefficient (Wildman–Crippen LogP) is 3.11. The Balaban J connectivity index is 1.84. The highest BCUT2D eigenvalue weighted by molar-refractivity contribution is 5.93. The van der Waals surface area contributed by atoms with Gasteiger partial charge in [0.1, 0.15) is 18.2 Å². The van der Waals surface area contributed by atoms with Gasteiger partial charge in [-0.15, -0.1) is 0 Å². The molecular formula is C19H28N4O2. The number of hydrogen-bond donors (Lipinski definition) is 1. The average Bonchev–Trinajstić information content (AvgIpc) is 3.04. The van der Waals surface area contributed by atoms with Gasteiger partial charge >= 0.3 is 0 Å². The Morgan fingerprint density at radius 1 is 1.28 bits per heavy atom. The van der Waals surface area contributed by atoms with E-state index in [0.29, 0.717) is 13.2 Å². The first-order chi connectivity index (χ1) is 11.9. The van der Waals surface area contributed by atoms with Crippen LogP contribution in [0, 0.1) is 6.92 Å². The summed E-state index contributed by atoms with van der Waals surface area (Å²) in [6.45, 7) is 9.16. The van der Waals surface area contributed by atoms with Crippen molar-refractivity contribution in [3.05, 3.63) is 42.1 Å². The van der Waals surface area contributed by atoms with Crippen molar-refractivity contribution in [1.82, 2.24) is 14.7 Å². The molecule has 1 aromatic carbocycles. The number of carbonyl (C=O) groups excluding carboxylic acids is 1. The van der Waals surface area contributed by atoms with E-state index in [0.717, 1.165) is 17.1 Å². The Kier molecular flexibility index (Phi) is 6.58. The summed E-state index contributed by atoms with van der Waals surface area (Å²) in [5.74, 6) is 1.55. The number of para-hydroxylation sites is 1. The zero-order chi connectivity index (χ0) is 18.4. The van der Waals surface area contributed by atoms with Gasteiger partial charge in [0, 0.05) is 18.7 Å². The van der Waals surface area contributed by atoms with E-state index in [-0.39, 0.29) is 18.0 Å². The normalized spacial score (nSPS) is 12.4. The summed E-state index contributed by atoms with van der Waals surface area (Å²) >= 11 is 0. The molecule has 1 N–H and O–H groups in total. The van der Waals surface area contributed by atoms with Crippen molar-refractivity contribution >= 4 is 11.7 Å². The minimum atomic E-state index is -0.268. The largest absolute Gasteiger partial charge is 0.492 e. The highest BCUT2D eigenvalue weighted by atomic mass is 16.5. The summed E-state index contributed by atoms with van der Waals surface area (Å²) in [6.07, 6.45) is 1.69. The lowest BCUT2D eigenvalue weighted by atomic mass is 10.2. The maximum atomic E-state index is 12.5. The number of rotatable bonds is 8. The molecule has 2 aromatic rings. The van der Waals surface area contributed by atoms with Crippen LogP contribution in [0.3, 0.4) is 0 Å². The summed E-state index contributed by atoms with van der Waals surface area (Å²) in [6, 6.07) is 9.66. The van der Waals surface area contributed by atoms with E-state index in [9.17, 15) is 4.79 Å². The van der Waals surface area contributed by atoms with Gasteiger partial charge in [0.25, 0.3) is 0 Å². The van der Waals surface area contributed by atoms with E-state index in [4.69, 9.17) is 4.74 Å². The van der Waals surface area contributed by atoms with Gasteiger partial charge in [0.2, 0.25) is 5.91 Å². The van der Waals surface area contributed by atoms with Crippen molar-refractivity contribution in [1.29, 1.82) is 0 Å². The summed E-state index contributed by atoms with van der Waals surface area (Å²) < 4.78 is 7.60. The predicted molar refractivity (Wildman–Crippen MR) is 100 cm³/mol. The van der Waals surface area contributed by atoms with Crippen LogP contribution in [-0.4, -0.2) is 46.8 Å². The van der Waals surface area contributed by atoms with Crippen molar-refractivity contribution in [2.45, 2.75) is 39.8 Å². The number of aromatic nitrogens is 2. The molecule has 1 heterocycles. The monoisotopic (exact) mass is 344 g/mol. The molecule has 6 heteroatoms. The number of likely N-dealkylation sites (N-methyl/N-ethyl adjacent to an activating group) is 1. The third-order valence-electron chi connectivity index (χ3n) is 4.25. The van der Waals surface area contributed by atoms with E-state index >= 15 is 0 Å². The second kappa shape index (κ2) is 8.67. The Morgan fingerprint density at radius 3 is 2.68 bits per heavy atom. The molecule has 6 nitrogen and oxygen atoms in total. The van der Waals surface area contributed by atoms with Crippen molar-refractivity contribution in [3.8, 4) is 5.75 Å². The topological polar surface area (TPSA) is 59.4 Å². The Labute approximate surface area is 149 Å². The zero-order valence-corrected chi connectivity index (χ0v) is 15.7. The second-order valence-electron chi connectivity index (χ2n) is 6.51. The minimum absolute atomic E-state index is 0.0548. The van der Waals surface area contributed by atoms with E-state index in [2.05, 4.69) is 10.4 Å². The van der Waals surface area contributed by atoms with E-state index < -0.39 is 0 Å². The quantitative estimate of drug-likeness (QED) is 0.799. The molecule has 0 bridgehead atoms. The first kappa shape index (κ1) is 19.0. The number of ether oxygens (including phenoxy) is 1. The summed E-state index contributed by atoms with van der Waals surface area (Å²) in [5.41, 5.74) is 1.11. The highest BCUT2D eigenvalue weighted by Gasteiger charge is 2.19. The fourth-order valence-electron chi connectivity index (χ4n) is 2.47. The molecule has 0 saturated carbocycles. The smallest absolute Gasteiger partial charge is 0.242 e. The van der Waals surface area contributed by atoms with Crippen LogP contribution in [0.1, 0.15) is 32.4 Å². The molecule has 2 rings (SSSR count). The molecule has 0 aliphatic rings. The van der Waals surface area contributed by atoms with E-state index in [1.807, 2.05) is 70.0 Å². The fourth-order valence-corrected chi connectivity index (χ4v) is 2.47. The Hall–Kier alpha value is -2.34. The molecular weight excluding hydrogens is 316 g/mol. The van der Waals surface area contributed by atoms with Crippen molar-refractivity contribution in [2.24, 2.45) is 0 Å². The number of nitrogens with one attached hydrogen (secondary N) is 1. The maximum Gasteiger partial charge on any atom is 0.242 e. The molecule has 1 atom stereocenters. The Morgan fingerprint density at radius 2 is 2.00 bits per heavy atom. The number of benzene rings is 1. The van der Waals surface area contributed by atoms with Crippen LogP contribution in [0.4, 0.5) is 5.82 Å². The van der Waals surface area contributed by atoms with Crippen LogP contribution >= 0.6 is 0 Å². The molecule has 0 unspecified atom stereocenters. The molecule has 25 heavy (non-hydrogen) atoms. The van der Waals surface area contributed by atoms with Gasteiger partial charge in [-0.1, -0.05) is 18.2 Å². The minimum Gasteiger partial charge on any atom is -0.492 e. The number of carbonyl (C=O) groups is 1. The molecule has 136 valence electrons. The van der Waals surface area contributed by atoms with Gasteiger partial charge in [-0.25, -0.2) is 4.68 Å². The van der Waals surface area contributed by atoms with Gasteiger partial charge in [-0.2, -0.15) is 5.10 Å². The van der Waals surface area contributed by atoms with Crippen LogP contribution in [0.15, 0.2) is 36.5 Å². The standard InChI is InChI=1S/C19H28N4O2/c1-14(2)23-18(10-11-20-23)21-19(24)16(4)22(5)12-13-25-17-9-7-6-8-15(17)3/h6-11,14,16H,12-13H2,1-5H3,(H,21,24)/t16-/m1/s1. The van der Waals surface area contributed by atoms with Gasteiger partial charge in [-0.3, -0.25) is 9.69 Å². The third kappa shape index (κ3) is 5.06. The molecule has 0 aliphatic heterocycles. The maximum absolute atomic E-state index is 12.5. The number of nitrogens with zero attached hydrogens (tertiary/aromatic N) is 3. The highest BCUT2D eigenvalue weighted by Crippen LogP contribution is 2.16. The van der Waals surface area contributed by atoms with Crippen molar-refractivity contribution < 1.29 is 9.53 Å². The van der Waals surface area contributed by atoms with Crippen molar-refractivity contribution in [2.75, 3.05) is 25.5 Å². The first-order valence-corrected chi connectivity index (χ1v) is 8.63. The van der Waals surface area contributed by atoms with E-state index in [1.165, 1.54) is 0 Å². The van der Waals surface area contributed by atoms with Gasteiger partial charge < -0.3 is 10.1 Å². The summed E-state index contributed by atoms with van der Waals surface area (Å²) in [4.78, 5) is 14.5. The van der Waals surface area contributed by atoms with Crippen molar-refractivity contribution in [3.63, 3.8) is 0 Å². The van der Waals surface area contributed by atoms with Gasteiger partial charge in [0.15, 0.2) is 0 Å². The third-order valence-corrected chi connectivity index (χ3v) is 4.25. The molecule has 0 aliphatic carbocycles. The van der Waals surface area contributed by atoms with Crippen LogP contribution in [0.2, 0.25) is 0 Å². The Bertz CT molecular complexity index is 696. The summed E-state index contributed by atoms with van der Waals surface area (Å²) in [5, 5.41) is 7.18. The SMILES string of the molecule is Cc1ccccc1OCCN(C)[C@H](C)C(=O)Nc1ccnn1C(C)C. The molecule has 0 radical (unpaired) electrons. The van der Waals surface area contributed by atoms with E-state index in [1.54, 1.807) is 10.9 Å². The zero-order valence-electron chi connectivity index (χ0n) is 15.7. The number of aryl methyl sites for hydroxylation is 1. The summed E-state index contributed by atoms with van der Waals surface area (Å²) in [7, 11) is 1.92. The van der Waals surface area contributed by atoms with Gasteiger partial charge in [-0.05, 0) is 46.4 Å². The molecule has 1 amide bonds. The number of anilines is 1. The van der Waals surface area contributed by atoms with Gasteiger partial charge in [0.05, 0.1) is 12.2 Å². The van der Waals surface area contributed by atoms with Crippen LogP contribution in [0.5, 0.6) is 5.75 Å².